The summed E-state index contributed by atoms with van der Waals surface area (Å²) in [5.41, 5.74) is 15.0. The Balaban J connectivity index is 1.84. The molecule has 2 heterocycles. The van der Waals surface area contributed by atoms with Crippen molar-refractivity contribution in [1.82, 2.24) is 0 Å². The summed E-state index contributed by atoms with van der Waals surface area (Å²) in [7, 11) is 8.10. The van der Waals surface area contributed by atoms with E-state index in [9.17, 15) is 4.79 Å². The molecule has 1 saturated heterocycles. The van der Waals surface area contributed by atoms with E-state index in [1.807, 2.05) is 45.2 Å². The Morgan fingerprint density at radius 3 is 2.77 bits per heavy atom. The summed E-state index contributed by atoms with van der Waals surface area (Å²) in [5, 5.41) is 2.62. The molecule has 0 aliphatic carbocycles. The van der Waals surface area contributed by atoms with E-state index < -0.39 is 0 Å². The molecule has 3 rings (SSSR count). The standard InChI is InChI=1S/C22H30N4OS3/c1-26(2)18-9-8-17(25-22(24)20-6-4-11-28-20)14-16(18)13-15(5-3-7-21(23)27)19-10-12-29-30-19/h4,6,8-9,11,14-15,19H,3,5,7,10,12-13H2,1-2H3,(H2,23,27)(H2,24,25). The van der Waals surface area contributed by atoms with Crippen molar-refractivity contribution >= 4 is 56.0 Å². The van der Waals surface area contributed by atoms with E-state index in [1.165, 1.54) is 23.4 Å². The summed E-state index contributed by atoms with van der Waals surface area (Å²) in [6.07, 6.45) is 4.51. The molecule has 1 fully saturated rings. The Kier molecular flexibility index (Phi) is 8.53. The fraction of sp³-hybridized carbons (Fsp3) is 0.455. The number of amides is 1. The van der Waals surface area contributed by atoms with Crippen molar-refractivity contribution in [3.8, 4) is 0 Å². The zero-order valence-electron chi connectivity index (χ0n) is 17.5. The molecule has 1 aliphatic rings. The van der Waals surface area contributed by atoms with Crippen LogP contribution in [0.15, 0.2) is 40.7 Å². The van der Waals surface area contributed by atoms with Crippen LogP contribution in [0.1, 0.15) is 36.1 Å². The van der Waals surface area contributed by atoms with Crippen LogP contribution < -0.4 is 16.4 Å². The molecule has 0 radical (unpaired) electrons. The van der Waals surface area contributed by atoms with Crippen LogP contribution in [-0.2, 0) is 11.2 Å². The van der Waals surface area contributed by atoms with E-state index in [1.54, 1.807) is 11.3 Å². The Morgan fingerprint density at radius 1 is 1.30 bits per heavy atom. The quantitative estimate of drug-likeness (QED) is 0.300. The van der Waals surface area contributed by atoms with Gasteiger partial charge in [-0.3, -0.25) is 4.79 Å². The number of nitrogens with two attached hydrogens (primary N) is 2. The van der Waals surface area contributed by atoms with E-state index in [0.717, 1.165) is 29.8 Å². The molecule has 1 aromatic heterocycles. The van der Waals surface area contributed by atoms with Gasteiger partial charge in [-0.25, -0.2) is 4.99 Å². The predicted molar refractivity (Wildman–Crippen MR) is 134 cm³/mol. The summed E-state index contributed by atoms with van der Waals surface area (Å²) in [6.45, 7) is 0. The maximum Gasteiger partial charge on any atom is 0.217 e. The highest BCUT2D eigenvalue weighted by Gasteiger charge is 2.27. The van der Waals surface area contributed by atoms with Crippen molar-refractivity contribution < 1.29 is 4.79 Å². The maximum absolute atomic E-state index is 11.2. The first-order valence-corrected chi connectivity index (χ1v) is 13.4. The van der Waals surface area contributed by atoms with E-state index in [-0.39, 0.29) is 5.91 Å². The number of hydrogen-bond donors (Lipinski definition) is 2. The average molecular weight is 463 g/mol. The molecule has 30 heavy (non-hydrogen) atoms. The monoisotopic (exact) mass is 462 g/mol. The van der Waals surface area contributed by atoms with Gasteiger partial charge in [0, 0.05) is 37.2 Å². The lowest BCUT2D eigenvalue weighted by Crippen LogP contribution is -2.21. The van der Waals surface area contributed by atoms with Crippen molar-refractivity contribution in [2.45, 2.75) is 37.4 Å². The Labute approximate surface area is 191 Å². The highest BCUT2D eigenvalue weighted by molar-refractivity contribution is 8.77. The minimum Gasteiger partial charge on any atom is -0.383 e. The largest absolute Gasteiger partial charge is 0.383 e. The third-order valence-electron chi connectivity index (χ3n) is 5.25. The molecule has 0 bridgehead atoms. The first-order valence-electron chi connectivity index (χ1n) is 10.2. The summed E-state index contributed by atoms with van der Waals surface area (Å²) in [4.78, 5) is 19.0. The van der Waals surface area contributed by atoms with Gasteiger partial charge in [0.05, 0.1) is 10.6 Å². The van der Waals surface area contributed by atoms with Gasteiger partial charge in [0.1, 0.15) is 5.84 Å². The van der Waals surface area contributed by atoms with Crippen LogP contribution in [-0.4, -0.2) is 36.8 Å². The number of aliphatic imine (C=N–C) groups is 1. The van der Waals surface area contributed by atoms with Crippen molar-refractivity contribution in [3.05, 3.63) is 46.2 Å². The molecule has 5 nitrogen and oxygen atoms in total. The zero-order chi connectivity index (χ0) is 21.5. The summed E-state index contributed by atoms with van der Waals surface area (Å²) >= 11 is 1.59. The van der Waals surface area contributed by atoms with Gasteiger partial charge in [-0.1, -0.05) is 27.7 Å². The molecular weight excluding hydrogens is 432 g/mol. The van der Waals surface area contributed by atoms with Gasteiger partial charge < -0.3 is 16.4 Å². The second-order valence-electron chi connectivity index (χ2n) is 7.75. The number of thiophene rings is 1. The zero-order valence-corrected chi connectivity index (χ0v) is 20.0. The molecule has 8 heteroatoms. The van der Waals surface area contributed by atoms with Crippen LogP contribution in [0.25, 0.3) is 0 Å². The number of anilines is 1. The van der Waals surface area contributed by atoms with Gasteiger partial charge in [0.15, 0.2) is 0 Å². The minimum atomic E-state index is -0.212. The van der Waals surface area contributed by atoms with Crippen LogP contribution in [0.4, 0.5) is 11.4 Å². The van der Waals surface area contributed by atoms with Gasteiger partial charge in [-0.15, -0.1) is 11.3 Å². The number of nitrogens with zero attached hydrogens (tertiary/aromatic N) is 2. The van der Waals surface area contributed by atoms with E-state index in [4.69, 9.17) is 11.5 Å². The number of carbonyl (C=O) groups is 1. The highest BCUT2D eigenvalue weighted by Crippen LogP contribution is 2.44. The number of carbonyl (C=O) groups excluding carboxylic acids is 1. The third-order valence-corrected chi connectivity index (χ3v) is 9.20. The second-order valence-corrected chi connectivity index (χ2v) is 11.4. The first kappa shape index (κ1) is 23.0. The Hall–Kier alpha value is -1.64. The van der Waals surface area contributed by atoms with Crippen LogP contribution in [0.2, 0.25) is 0 Å². The van der Waals surface area contributed by atoms with E-state index in [2.05, 4.69) is 36.1 Å². The number of hydrogen-bond acceptors (Lipinski definition) is 6. The summed E-state index contributed by atoms with van der Waals surface area (Å²) in [5.74, 6) is 2.05. The number of rotatable bonds is 10. The SMILES string of the molecule is CN(C)c1ccc(N=C(N)c2cccs2)cc1CC(CCCC(N)=O)C1CCSS1. The molecule has 2 unspecified atom stereocenters. The van der Waals surface area contributed by atoms with Crippen molar-refractivity contribution in [1.29, 1.82) is 0 Å². The highest BCUT2D eigenvalue weighted by atomic mass is 33.1. The Morgan fingerprint density at radius 2 is 2.13 bits per heavy atom. The van der Waals surface area contributed by atoms with Crippen LogP contribution in [0.3, 0.4) is 0 Å². The second kappa shape index (κ2) is 11.1. The fourth-order valence-corrected chi connectivity index (χ4v) is 7.63. The smallest absolute Gasteiger partial charge is 0.217 e. The minimum absolute atomic E-state index is 0.212. The molecule has 1 aliphatic heterocycles. The predicted octanol–water partition coefficient (Wildman–Crippen LogP) is 4.82. The lowest BCUT2D eigenvalue weighted by atomic mass is 9.88. The topological polar surface area (TPSA) is 84.7 Å². The molecule has 1 aromatic carbocycles. The third kappa shape index (κ3) is 6.43. The van der Waals surface area contributed by atoms with Gasteiger partial charge in [-0.2, -0.15) is 0 Å². The van der Waals surface area contributed by atoms with Gasteiger partial charge in [0.25, 0.3) is 0 Å². The molecule has 2 aromatic rings. The lowest BCUT2D eigenvalue weighted by molar-refractivity contribution is -0.118. The number of benzene rings is 1. The van der Waals surface area contributed by atoms with Crippen LogP contribution >= 0.6 is 32.9 Å². The maximum atomic E-state index is 11.2. The van der Waals surface area contributed by atoms with Crippen molar-refractivity contribution in [2.24, 2.45) is 22.4 Å². The van der Waals surface area contributed by atoms with Crippen LogP contribution in [0.5, 0.6) is 0 Å². The fourth-order valence-electron chi connectivity index (χ4n) is 3.76. The molecule has 0 spiro atoms. The Bertz CT molecular complexity index is 861. The van der Waals surface area contributed by atoms with Gasteiger partial charge in [-0.05, 0) is 66.8 Å². The molecule has 4 N–H and O–H groups in total. The lowest BCUT2D eigenvalue weighted by Gasteiger charge is -2.25. The molecular formula is C22H30N4OS3. The summed E-state index contributed by atoms with van der Waals surface area (Å²) < 4.78 is 0. The van der Waals surface area contributed by atoms with Crippen molar-refractivity contribution in [2.75, 3.05) is 24.7 Å². The van der Waals surface area contributed by atoms with E-state index >= 15 is 0 Å². The first-order chi connectivity index (χ1) is 14.4. The average Bonchev–Trinajstić information content (AvgIpc) is 3.41. The molecule has 162 valence electrons. The van der Waals surface area contributed by atoms with Gasteiger partial charge in [0.2, 0.25) is 5.91 Å². The van der Waals surface area contributed by atoms with Crippen LogP contribution in [0, 0.1) is 5.92 Å². The molecule has 2 atom stereocenters. The van der Waals surface area contributed by atoms with Crippen molar-refractivity contribution in [3.63, 3.8) is 0 Å². The van der Waals surface area contributed by atoms with Gasteiger partial charge >= 0.3 is 0 Å². The molecule has 1 amide bonds. The number of amidine groups is 1. The summed E-state index contributed by atoms with van der Waals surface area (Å²) in [6, 6.07) is 10.3. The normalized spacial score (nSPS) is 17.8. The number of primary amides is 1. The van der Waals surface area contributed by atoms with E-state index in [0.29, 0.717) is 23.4 Å². The molecule has 0 saturated carbocycles.